The van der Waals surface area contributed by atoms with E-state index in [1.165, 1.54) is 48.5 Å². The lowest BCUT2D eigenvalue weighted by atomic mass is 9.96. The Kier molecular flexibility index (Phi) is 6.60. The summed E-state index contributed by atoms with van der Waals surface area (Å²) < 4.78 is 96.9. The Balaban J connectivity index is 1.63. The highest BCUT2D eigenvalue weighted by atomic mass is 19.2. The summed E-state index contributed by atoms with van der Waals surface area (Å²) >= 11 is 0. The minimum absolute atomic E-state index is 0.0123. The van der Waals surface area contributed by atoms with Crippen LogP contribution in [-0.2, 0) is 0 Å². The van der Waals surface area contributed by atoms with Crippen LogP contribution in [0.2, 0.25) is 0 Å². The van der Waals surface area contributed by atoms with Crippen LogP contribution in [-0.4, -0.2) is 0 Å². The predicted octanol–water partition coefficient (Wildman–Crippen LogP) is 9.18. The van der Waals surface area contributed by atoms with Crippen LogP contribution >= 0.6 is 0 Å². The summed E-state index contributed by atoms with van der Waals surface area (Å²) in [6.07, 6.45) is 0.665. The lowest BCUT2D eigenvalue weighted by molar-refractivity contribution is 0.448. The van der Waals surface area contributed by atoms with Crippen LogP contribution in [0.3, 0.4) is 0 Å². The van der Waals surface area contributed by atoms with Crippen LogP contribution in [0.25, 0.3) is 39.2 Å². The highest BCUT2D eigenvalue weighted by Crippen LogP contribution is 2.33. The number of halogens is 7. The first-order valence-electron chi connectivity index (χ1n) is 10.2. The first-order chi connectivity index (χ1) is 16.7. The fourth-order valence-corrected chi connectivity index (χ4v) is 3.59. The highest BCUT2D eigenvalue weighted by molar-refractivity contribution is 5.75. The van der Waals surface area contributed by atoms with Gasteiger partial charge in [0.2, 0.25) is 0 Å². The van der Waals surface area contributed by atoms with Gasteiger partial charge in [0.1, 0.15) is 11.6 Å². The van der Waals surface area contributed by atoms with Crippen molar-refractivity contribution in [1.82, 2.24) is 0 Å². The Morgan fingerprint density at radius 3 is 1.60 bits per heavy atom. The fourth-order valence-electron chi connectivity index (χ4n) is 3.59. The van der Waals surface area contributed by atoms with Crippen LogP contribution in [0.1, 0.15) is 5.56 Å². The third kappa shape index (κ3) is 4.75. The average Bonchev–Trinajstić information content (AvgIpc) is 2.86. The number of hydrogen-bond donors (Lipinski definition) is 0. The standard InChI is InChI=1S/C28H15F7/c1-2-22(29)27(34)18-8-10-21(24(31)12-18)17-7-9-20(23(30)11-17)16-5-3-15(4-6-16)19-13-25(32)28(35)26(33)14-19/h2-14H,1H2/b27-22+. The van der Waals surface area contributed by atoms with E-state index in [9.17, 15) is 30.7 Å². The van der Waals surface area contributed by atoms with Crippen molar-refractivity contribution in [3.05, 3.63) is 126 Å². The van der Waals surface area contributed by atoms with Crippen LogP contribution in [0.4, 0.5) is 30.7 Å². The zero-order chi connectivity index (χ0) is 25.3. The molecule has 0 heterocycles. The highest BCUT2D eigenvalue weighted by Gasteiger charge is 2.15. The Bertz CT molecular complexity index is 1440. The van der Waals surface area contributed by atoms with Gasteiger partial charge in [0.05, 0.1) is 0 Å². The van der Waals surface area contributed by atoms with E-state index in [1.54, 1.807) is 0 Å². The van der Waals surface area contributed by atoms with E-state index in [0.29, 0.717) is 17.2 Å². The Morgan fingerprint density at radius 2 is 1.03 bits per heavy atom. The molecule has 0 fully saturated rings. The molecule has 0 unspecified atom stereocenters. The monoisotopic (exact) mass is 484 g/mol. The van der Waals surface area contributed by atoms with Gasteiger partial charge in [0.15, 0.2) is 29.1 Å². The van der Waals surface area contributed by atoms with Gasteiger partial charge < -0.3 is 0 Å². The first kappa shape index (κ1) is 24.0. The van der Waals surface area contributed by atoms with Crippen molar-refractivity contribution < 1.29 is 30.7 Å². The van der Waals surface area contributed by atoms with Crippen LogP contribution in [0.5, 0.6) is 0 Å². The first-order valence-corrected chi connectivity index (χ1v) is 10.2. The zero-order valence-corrected chi connectivity index (χ0v) is 17.9. The van der Waals surface area contributed by atoms with Gasteiger partial charge in [0, 0.05) is 16.7 Å². The molecule has 0 amide bonds. The topological polar surface area (TPSA) is 0 Å². The van der Waals surface area contributed by atoms with Gasteiger partial charge in [-0.15, -0.1) is 0 Å². The molecule has 4 aromatic rings. The fraction of sp³-hybridized carbons (Fsp3) is 0. The normalized spacial score (nSPS) is 11.9. The summed E-state index contributed by atoms with van der Waals surface area (Å²) in [7, 11) is 0. The third-order valence-corrected chi connectivity index (χ3v) is 5.40. The quantitative estimate of drug-likeness (QED) is 0.151. The molecule has 7 heteroatoms. The third-order valence-electron chi connectivity index (χ3n) is 5.40. The molecule has 0 aliphatic carbocycles. The van der Waals surface area contributed by atoms with E-state index in [2.05, 4.69) is 6.58 Å². The molecule has 0 aromatic heterocycles. The number of allylic oxidation sites excluding steroid dienone is 2. The molecule has 0 atom stereocenters. The molecule has 4 rings (SSSR count). The zero-order valence-electron chi connectivity index (χ0n) is 17.9. The smallest absolute Gasteiger partial charge is 0.194 e. The Morgan fingerprint density at radius 1 is 0.543 bits per heavy atom. The van der Waals surface area contributed by atoms with Crippen LogP contribution in [0.15, 0.2) is 91.3 Å². The SMILES string of the molecule is C=C/C(F)=C(\F)c1ccc(-c2ccc(-c3ccc(-c4cc(F)c(F)c(F)c4)cc3)c(F)c2)c(F)c1. The van der Waals surface area contributed by atoms with Gasteiger partial charge in [-0.2, -0.15) is 0 Å². The van der Waals surface area contributed by atoms with Gasteiger partial charge in [-0.1, -0.05) is 55.1 Å². The van der Waals surface area contributed by atoms with E-state index < -0.39 is 40.7 Å². The number of benzene rings is 4. The molecular formula is C28H15F7. The molecule has 35 heavy (non-hydrogen) atoms. The molecule has 176 valence electrons. The summed E-state index contributed by atoms with van der Waals surface area (Å²) in [5.41, 5.74) is 0.961. The second-order valence-electron chi connectivity index (χ2n) is 7.59. The van der Waals surface area contributed by atoms with Gasteiger partial charge in [-0.25, -0.2) is 30.7 Å². The molecule has 0 N–H and O–H groups in total. The summed E-state index contributed by atoms with van der Waals surface area (Å²) in [5, 5.41) is 0. The van der Waals surface area contributed by atoms with Gasteiger partial charge >= 0.3 is 0 Å². The maximum Gasteiger partial charge on any atom is 0.194 e. The van der Waals surface area contributed by atoms with Gasteiger partial charge in [-0.3, -0.25) is 0 Å². The summed E-state index contributed by atoms with van der Waals surface area (Å²) in [6.45, 7) is 3.12. The van der Waals surface area contributed by atoms with E-state index in [-0.39, 0.29) is 27.8 Å². The van der Waals surface area contributed by atoms with E-state index >= 15 is 0 Å². The second-order valence-corrected chi connectivity index (χ2v) is 7.59. The van der Waals surface area contributed by atoms with Crippen molar-refractivity contribution in [2.24, 2.45) is 0 Å². The van der Waals surface area contributed by atoms with E-state index in [1.807, 2.05) is 0 Å². The van der Waals surface area contributed by atoms with Gasteiger partial charge in [-0.05, 0) is 52.6 Å². The lowest BCUT2D eigenvalue weighted by Crippen LogP contribution is -1.92. The second kappa shape index (κ2) is 9.62. The molecule has 0 bridgehead atoms. The van der Waals surface area contributed by atoms with E-state index in [4.69, 9.17) is 0 Å². The molecule has 0 aliphatic heterocycles. The Labute approximate surface area is 196 Å². The average molecular weight is 484 g/mol. The molecule has 0 saturated heterocycles. The maximum absolute atomic E-state index is 14.9. The van der Waals surface area contributed by atoms with Crippen molar-refractivity contribution in [3.8, 4) is 33.4 Å². The minimum Gasteiger partial charge on any atom is -0.206 e. The molecule has 0 spiro atoms. The molecule has 0 saturated carbocycles. The molecule has 4 aromatic carbocycles. The summed E-state index contributed by atoms with van der Waals surface area (Å²) in [5.74, 6) is -8.25. The van der Waals surface area contributed by atoms with E-state index in [0.717, 1.165) is 24.3 Å². The molecule has 0 aliphatic rings. The van der Waals surface area contributed by atoms with Crippen molar-refractivity contribution in [2.75, 3.05) is 0 Å². The lowest BCUT2D eigenvalue weighted by Gasteiger charge is -2.10. The summed E-state index contributed by atoms with van der Waals surface area (Å²) in [4.78, 5) is 0. The summed E-state index contributed by atoms with van der Waals surface area (Å²) in [6, 6.07) is 14.9. The number of rotatable bonds is 5. The van der Waals surface area contributed by atoms with Crippen molar-refractivity contribution >= 4 is 5.83 Å². The predicted molar refractivity (Wildman–Crippen MR) is 122 cm³/mol. The Hall–Kier alpha value is -4.13. The molecule has 0 radical (unpaired) electrons. The van der Waals surface area contributed by atoms with Crippen molar-refractivity contribution in [2.45, 2.75) is 0 Å². The van der Waals surface area contributed by atoms with Crippen molar-refractivity contribution in [1.29, 1.82) is 0 Å². The number of hydrogen-bond acceptors (Lipinski definition) is 0. The van der Waals surface area contributed by atoms with Gasteiger partial charge in [0.25, 0.3) is 0 Å². The minimum atomic E-state index is -1.57. The largest absolute Gasteiger partial charge is 0.206 e. The molecular weight excluding hydrogens is 469 g/mol. The van der Waals surface area contributed by atoms with Crippen LogP contribution < -0.4 is 0 Å². The molecule has 0 nitrogen and oxygen atoms in total. The maximum atomic E-state index is 14.9. The van der Waals surface area contributed by atoms with Crippen LogP contribution in [0, 0.1) is 29.1 Å². The van der Waals surface area contributed by atoms with Crippen molar-refractivity contribution in [3.63, 3.8) is 0 Å².